The third-order valence-corrected chi connectivity index (χ3v) is 4.50. The van der Waals surface area contributed by atoms with E-state index in [0.29, 0.717) is 6.04 Å². The van der Waals surface area contributed by atoms with Gasteiger partial charge in [-0.3, -0.25) is 4.21 Å². The highest BCUT2D eigenvalue weighted by molar-refractivity contribution is 7.85. The minimum Gasteiger partial charge on any atom is -0.353 e. The fourth-order valence-electron chi connectivity index (χ4n) is 2.15. The molecule has 1 saturated heterocycles. The van der Waals surface area contributed by atoms with Crippen LogP contribution in [0.3, 0.4) is 0 Å². The van der Waals surface area contributed by atoms with E-state index in [9.17, 15) is 4.21 Å². The predicted octanol–water partition coefficient (Wildman–Crippen LogP) is 1.89. The Morgan fingerprint density at radius 1 is 1.29 bits per heavy atom. The van der Waals surface area contributed by atoms with Crippen molar-refractivity contribution in [3.8, 4) is 0 Å². The van der Waals surface area contributed by atoms with Gasteiger partial charge < -0.3 is 10.3 Å². The molecule has 0 atom stereocenters. The van der Waals surface area contributed by atoms with E-state index in [4.69, 9.17) is 0 Å². The Hall–Kier alpha value is -1.36. The van der Waals surface area contributed by atoms with E-state index in [1.807, 2.05) is 24.3 Å². The van der Waals surface area contributed by atoms with Crippen LogP contribution in [0.1, 0.15) is 12.8 Å². The molecule has 5 heteroatoms. The third kappa shape index (κ3) is 2.34. The van der Waals surface area contributed by atoms with E-state index in [0.717, 1.165) is 41.3 Å². The van der Waals surface area contributed by atoms with Crippen molar-refractivity contribution in [1.82, 2.24) is 9.97 Å². The van der Waals surface area contributed by atoms with Crippen molar-refractivity contribution in [2.24, 2.45) is 0 Å². The van der Waals surface area contributed by atoms with Crippen LogP contribution in [0.2, 0.25) is 0 Å². The number of aromatic nitrogens is 2. The molecule has 4 nitrogen and oxygen atoms in total. The van der Waals surface area contributed by atoms with Crippen molar-refractivity contribution < 1.29 is 4.21 Å². The summed E-state index contributed by atoms with van der Waals surface area (Å²) in [5.41, 5.74) is 2.03. The van der Waals surface area contributed by atoms with Crippen molar-refractivity contribution in [3.05, 3.63) is 24.3 Å². The molecule has 1 aliphatic heterocycles. The Morgan fingerprint density at radius 2 is 2.06 bits per heavy atom. The number of anilines is 1. The molecule has 0 bridgehead atoms. The molecule has 0 spiro atoms. The van der Waals surface area contributed by atoms with Crippen LogP contribution in [0.4, 0.5) is 5.95 Å². The number of aromatic amines is 1. The molecule has 3 rings (SSSR count). The summed E-state index contributed by atoms with van der Waals surface area (Å²) in [4.78, 5) is 7.74. The number of hydrogen-bond acceptors (Lipinski definition) is 3. The highest BCUT2D eigenvalue weighted by atomic mass is 32.2. The molecule has 0 unspecified atom stereocenters. The molecule has 1 aromatic carbocycles. The second kappa shape index (κ2) is 4.49. The first-order valence-corrected chi connectivity index (χ1v) is 7.36. The minimum atomic E-state index is -0.604. The monoisotopic (exact) mass is 249 g/mol. The summed E-state index contributed by atoms with van der Waals surface area (Å²) in [5.74, 6) is 2.43. The lowest BCUT2D eigenvalue weighted by Gasteiger charge is -2.21. The summed E-state index contributed by atoms with van der Waals surface area (Å²) in [6.45, 7) is 0. The molecule has 0 aliphatic carbocycles. The molecule has 2 aromatic rings. The molecule has 0 radical (unpaired) electrons. The average Bonchev–Trinajstić information content (AvgIpc) is 2.74. The Bertz CT molecular complexity index is 508. The third-order valence-electron chi connectivity index (χ3n) is 3.12. The summed E-state index contributed by atoms with van der Waals surface area (Å²) in [6, 6.07) is 8.38. The summed E-state index contributed by atoms with van der Waals surface area (Å²) in [5, 5.41) is 3.39. The van der Waals surface area contributed by atoms with Gasteiger partial charge in [-0.25, -0.2) is 4.98 Å². The van der Waals surface area contributed by atoms with E-state index in [2.05, 4.69) is 15.3 Å². The fourth-order valence-corrected chi connectivity index (χ4v) is 3.45. The van der Waals surface area contributed by atoms with Crippen LogP contribution in [0.15, 0.2) is 24.3 Å². The van der Waals surface area contributed by atoms with Crippen molar-refractivity contribution >= 4 is 27.8 Å². The topological polar surface area (TPSA) is 57.8 Å². The van der Waals surface area contributed by atoms with Crippen LogP contribution in [0.5, 0.6) is 0 Å². The molecule has 17 heavy (non-hydrogen) atoms. The lowest BCUT2D eigenvalue weighted by Crippen LogP contribution is -2.29. The summed E-state index contributed by atoms with van der Waals surface area (Å²) in [6.07, 6.45) is 1.92. The highest BCUT2D eigenvalue weighted by Gasteiger charge is 2.18. The fraction of sp³-hybridized carbons (Fsp3) is 0.417. The molecule has 2 N–H and O–H groups in total. The van der Waals surface area contributed by atoms with Crippen LogP contribution in [-0.4, -0.2) is 31.7 Å². The van der Waals surface area contributed by atoms with Gasteiger partial charge in [-0.05, 0) is 25.0 Å². The number of imidazole rings is 1. The summed E-state index contributed by atoms with van der Waals surface area (Å²) >= 11 is 0. The van der Waals surface area contributed by atoms with Crippen molar-refractivity contribution in [2.75, 3.05) is 16.8 Å². The zero-order valence-corrected chi connectivity index (χ0v) is 10.3. The van der Waals surface area contributed by atoms with Crippen LogP contribution in [0.25, 0.3) is 11.0 Å². The zero-order chi connectivity index (χ0) is 11.7. The molecule has 1 aromatic heterocycles. The Morgan fingerprint density at radius 3 is 2.82 bits per heavy atom. The van der Waals surface area contributed by atoms with E-state index >= 15 is 0 Å². The standard InChI is InChI=1S/C12H15N3OS/c16-17-7-5-9(6-8-17)13-12-14-10-3-1-2-4-11(10)15-12/h1-4,9H,5-8H2,(H2,13,14,15). The van der Waals surface area contributed by atoms with Gasteiger partial charge >= 0.3 is 0 Å². The molecule has 1 fully saturated rings. The number of nitrogens with one attached hydrogen (secondary N) is 2. The predicted molar refractivity (Wildman–Crippen MR) is 70.6 cm³/mol. The first-order valence-electron chi connectivity index (χ1n) is 5.87. The number of benzene rings is 1. The second-order valence-corrected chi connectivity index (χ2v) is 6.07. The smallest absolute Gasteiger partial charge is 0.201 e. The Labute approximate surface area is 102 Å². The number of para-hydroxylation sites is 2. The van der Waals surface area contributed by atoms with Crippen LogP contribution in [0, 0.1) is 0 Å². The van der Waals surface area contributed by atoms with Gasteiger partial charge in [0.1, 0.15) is 0 Å². The first-order chi connectivity index (χ1) is 8.31. The maximum atomic E-state index is 11.3. The van der Waals surface area contributed by atoms with E-state index in [1.54, 1.807) is 0 Å². The summed E-state index contributed by atoms with van der Waals surface area (Å²) < 4.78 is 11.3. The van der Waals surface area contributed by atoms with Gasteiger partial charge in [-0.1, -0.05) is 12.1 Å². The van der Waals surface area contributed by atoms with Crippen molar-refractivity contribution in [2.45, 2.75) is 18.9 Å². The largest absolute Gasteiger partial charge is 0.353 e. The van der Waals surface area contributed by atoms with E-state index < -0.39 is 10.8 Å². The van der Waals surface area contributed by atoms with E-state index in [-0.39, 0.29) is 0 Å². The molecule has 1 aliphatic rings. The van der Waals surface area contributed by atoms with Gasteiger partial charge in [0.05, 0.1) is 11.0 Å². The van der Waals surface area contributed by atoms with Gasteiger partial charge in [0.2, 0.25) is 5.95 Å². The zero-order valence-electron chi connectivity index (χ0n) is 9.48. The van der Waals surface area contributed by atoms with Gasteiger partial charge in [0, 0.05) is 28.3 Å². The second-order valence-electron chi connectivity index (χ2n) is 4.37. The molecule has 0 amide bonds. The van der Waals surface area contributed by atoms with Gasteiger partial charge in [0.15, 0.2) is 0 Å². The van der Waals surface area contributed by atoms with Gasteiger partial charge in [-0.15, -0.1) is 0 Å². The Balaban J connectivity index is 1.74. The number of nitrogens with zero attached hydrogens (tertiary/aromatic N) is 1. The van der Waals surface area contributed by atoms with Crippen LogP contribution >= 0.6 is 0 Å². The van der Waals surface area contributed by atoms with Crippen molar-refractivity contribution in [1.29, 1.82) is 0 Å². The number of hydrogen-bond donors (Lipinski definition) is 2. The Kier molecular flexibility index (Phi) is 2.84. The molecule has 0 saturated carbocycles. The van der Waals surface area contributed by atoms with Gasteiger partial charge in [-0.2, -0.15) is 0 Å². The maximum Gasteiger partial charge on any atom is 0.201 e. The highest BCUT2D eigenvalue weighted by Crippen LogP contribution is 2.17. The van der Waals surface area contributed by atoms with E-state index in [1.165, 1.54) is 0 Å². The van der Waals surface area contributed by atoms with Crippen LogP contribution < -0.4 is 5.32 Å². The lowest BCUT2D eigenvalue weighted by molar-refractivity contribution is 0.621. The molecular formula is C12H15N3OS. The van der Waals surface area contributed by atoms with Crippen LogP contribution in [-0.2, 0) is 10.8 Å². The van der Waals surface area contributed by atoms with Gasteiger partial charge in [0.25, 0.3) is 0 Å². The number of fused-ring (bicyclic) bond motifs is 1. The SMILES string of the molecule is O=S1CCC(Nc2nc3ccccc3[nH]2)CC1. The quantitative estimate of drug-likeness (QED) is 0.854. The maximum absolute atomic E-state index is 11.3. The lowest BCUT2D eigenvalue weighted by atomic mass is 10.2. The first kappa shape index (κ1) is 10.8. The summed E-state index contributed by atoms with van der Waals surface area (Å²) in [7, 11) is -0.604. The number of rotatable bonds is 2. The van der Waals surface area contributed by atoms with Crippen molar-refractivity contribution in [3.63, 3.8) is 0 Å². The normalized spacial score (nSPS) is 24.9. The molecular weight excluding hydrogens is 234 g/mol. The minimum absolute atomic E-state index is 0.397. The average molecular weight is 249 g/mol. The molecule has 90 valence electrons. The molecule has 2 heterocycles. The number of H-pyrrole nitrogens is 1.